The number of nitrogens with zero attached hydrogens (tertiary/aromatic N) is 1. The highest BCUT2D eigenvalue weighted by Crippen LogP contribution is 2.31. The Morgan fingerprint density at radius 3 is 2.33 bits per heavy atom. The van der Waals surface area contributed by atoms with Crippen LogP contribution in [-0.2, 0) is 4.74 Å². The first-order chi connectivity index (χ1) is 8.27. The standard InChI is InChI=1S/C14H22NO3/c1-10-7-12(15(3,4)5)8-13(18-9-17-6)14(10)11(2)16/h7-8H,9H2,1-6H3/q+1. The molecule has 0 heterocycles. The molecule has 0 saturated heterocycles. The van der Waals surface area contributed by atoms with E-state index < -0.39 is 0 Å². The van der Waals surface area contributed by atoms with Gasteiger partial charge in [0.15, 0.2) is 12.6 Å². The molecule has 0 atom stereocenters. The van der Waals surface area contributed by atoms with Gasteiger partial charge in [-0.05, 0) is 19.4 Å². The van der Waals surface area contributed by atoms with Crippen LogP contribution in [0.25, 0.3) is 0 Å². The van der Waals surface area contributed by atoms with Gasteiger partial charge in [-0.15, -0.1) is 0 Å². The second-order valence-corrected chi connectivity index (χ2v) is 5.26. The summed E-state index contributed by atoms with van der Waals surface area (Å²) in [6.07, 6.45) is 0. The van der Waals surface area contributed by atoms with Crippen molar-refractivity contribution in [3.63, 3.8) is 0 Å². The molecule has 0 aliphatic rings. The molecule has 0 fully saturated rings. The zero-order valence-electron chi connectivity index (χ0n) is 12.0. The van der Waals surface area contributed by atoms with Gasteiger partial charge in [-0.25, -0.2) is 0 Å². The predicted octanol–water partition coefficient (Wildman–Crippen LogP) is 2.38. The van der Waals surface area contributed by atoms with Crippen LogP contribution < -0.4 is 9.22 Å². The summed E-state index contributed by atoms with van der Waals surface area (Å²) < 4.78 is 11.1. The van der Waals surface area contributed by atoms with Crippen LogP contribution in [0.15, 0.2) is 12.1 Å². The molecular weight excluding hydrogens is 230 g/mol. The van der Waals surface area contributed by atoms with Crippen molar-refractivity contribution in [3.8, 4) is 5.75 Å². The Hall–Kier alpha value is -1.39. The Kier molecular flexibility index (Phi) is 4.48. The van der Waals surface area contributed by atoms with Crippen LogP contribution in [0, 0.1) is 6.92 Å². The van der Waals surface area contributed by atoms with Gasteiger partial charge >= 0.3 is 0 Å². The average molecular weight is 252 g/mol. The Bertz CT molecular complexity index is 447. The molecule has 100 valence electrons. The van der Waals surface area contributed by atoms with Gasteiger partial charge in [0.05, 0.1) is 26.7 Å². The summed E-state index contributed by atoms with van der Waals surface area (Å²) in [5.74, 6) is 0.596. The first-order valence-corrected chi connectivity index (χ1v) is 5.86. The molecule has 0 aliphatic carbocycles. The van der Waals surface area contributed by atoms with E-state index in [9.17, 15) is 4.79 Å². The molecule has 1 rings (SSSR count). The molecule has 1 aromatic carbocycles. The highest BCUT2D eigenvalue weighted by molar-refractivity contribution is 5.98. The molecule has 0 bridgehead atoms. The van der Waals surface area contributed by atoms with E-state index in [0.29, 0.717) is 15.8 Å². The molecule has 0 aliphatic heterocycles. The number of ether oxygens (including phenoxy) is 2. The second kappa shape index (κ2) is 5.50. The lowest BCUT2D eigenvalue weighted by atomic mass is 10.0. The van der Waals surface area contributed by atoms with Gasteiger partial charge in [0.1, 0.15) is 11.4 Å². The molecule has 0 saturated carbocycles. The minimum absolute atomic E-state index is 0.00608. The first-order valence-electron chi connectivity index (χ1n) is 5.86. The molecule has 0 spiro atoms. The van der Waals surface area contributed by atoms with Crippen LogP contribution in [0.2, 0.25) is 0 Å². The van der Waals surface area contributed by atoms with E-state index >= 15 is 0 Å². The van der Waals surface area contributed by atoms with E-state index in [-0.39, 0.29) is 12.6 Å². The number of benzene rings is 1. The van der Waals surface area contributed by atoms with E-state index in [1.165, 1.54) is 0 Å². The number of Topliss-reactive ketones (excluding diaryl/α,β-unsaturated/α-hetero) is 1. The Labute approximate surface area is 109 Å². The third-order valence-electron chi connectivity index (χ3n) is 2.74. The monoisotopic (exact) mass is 252 g/mol. The van der Waals surface area contributed by atoms with Crippen molar-refractivity contribution in [1.29, 1.82) is 0 Å². The number of carbonyl (C=O) groups is 1. The average Bonchev–Trinajstić information content (AvgIpc) is 2.23. The highest BCUT2D eigenvalue weighted by Gasteiger charge is 2.20. The summed E-state index contributed by atoms with van der Waals surface area (Å²) >= 11 is 0. The van der Waals surface area contributed by atoms with Gasteiger partial charge in [0, 0.05) is 19.2 Å². The molecule has 0 N–H and O–H groups in total. The van der Waals surface area contributed by atoms with Crippen molar-refractivity contribution in [2.75, 3.05) is 35.0 Å². The van der Waals surface area contributed by atoms with Crippen LogP contribution in [0.1, 0.15) is 22.8 Å². The fourth-order valence-electron chi connectivity index (χ4n) is 1.81. The minimum Gasteiger partial charge on any atom is -0.467 e. The lowest BCUT2D eigenvalue weighted by molar-refractivity contribution is 0.0502. The molecule has 18 heavy (non-hydrogen) atoms. The van der Waals surface area contributed by atoms with Crippen molar-refractivity contribution >= 4 is 11.5 Å². The maximum absolute atomic E-state index is 11.7. The zero-order chi connectivity index (χ0) is 13.9. The van der Waals surface area contributed by atoms with Crippen molar-refractivity contribution in [2.24, 2.45) is 0 Å². The Morgan fingerprint density at radius 1 is 1.28 bits per heavy atom. The SMILES string of the molecule is COCOc1cc([N+](C)(C)C)cc(C)c1C(C)=O. The van der Waals surface area contributed by atoms with E-state index in [1.807, 2.05) is 19.1 Å². The van der Waals surface area contributed by atoms with E-state index in [1.54, 1.807) is 14.0 Å². The van der Waals surface area contributed by atoms with Crippen LogP contribution in [-0.4, -0.2) is 40.8 Å². The number of ketones is 1. The number of quaternary nitrogens is 1. The van der Waals surface area contributed by atoms with Crippen molar-refractivity contribution in [3.05, 3.63) is 23.3 Å². The van der Waals surface area contributed by atoms with E-state index in [2.05, 4.69) is 21.1 Å². The predicted molar refractivity (Wildman–Crippen MR) is 73.3 cm³/mol. The third-order valence-corrected chi connectivity index (χ3v) is 2.74. The van der Waals surface area contributed by atoms with Crippen molar-refractivity contribution < 1.29 is 14.3 Å². The Balaban J connectivity index is 3.32. The normalized spacial score (nSPS) is 11.4. The number of methoxy groups -OCH3 is 1. The summed E-state index contributed by atoms with van der Waals surface area (Å²) in [5, 5.41) is 0. The summed E-state index contributed by atoms with van der Waals surface area (Å²) in [6, 6.07) is 3.93. The maximum Gasteiger partial charge on any atom is 0.188 e. The fraction of sp³-hybridized carbons (Fsp3) is 0.500. The van der Waals surface area contributed by atoms with Gasteiger partial charge < -0.3 is 9.47 Å². The molecular formula is C14H22NO3+. The smallest absolute Gasteiger partial charge is 0.188 e. The van der Waals surface area contributed by atoms with Gasteiger partial charge in [0.25, 0.3) is 0 Å². The fourth-order valence-corrected chi connectivity index (χ4v) is 1.81. The summed E-state index contributed by atoms with van der Waals surface area (Å²) in [7, 11) is 7.77. The lowest BCUT2D eigenvalue weighted by Crippen LogP contribution is -2.35. The number of hydrogen-bond donors (Lipinski definition) is 0. The molecule has 4 heteroatoms. The topological polar surface area (TPSA) is 35.5 Å². The number of carbonyl (C=O) groups excluding carboxylic acids is 1. The summed E-state index contributed by atoms with van der Waals surface area (Å²) in [6.45, 7) is 3.61. The Morgan fingerprint density at radius 2 is 1.89 bits per heavy atom. The molecule has 0 radical (unpaired) electrons. The third kappa shape index (κ3) is 3.31. The van der Waals surface area contributed by atoms with Gasteiger partial charge in [0.2, 0.25) is 0 Å². The van der Waals surface area contributed by atoms with Gasteiger partial charge in [-0.3, -0.25) is 9.28 Å². The van der Waals surface area contributed by atoms with Crippen molar-refractivity contribution in [2.45, 2.75) is 13.8 Å². The van der Waals surface area contributed by atoms with E-state index in [0.717, 1.165) is 11.3 Å². The molecule has 4 nitrogen and oxygen atoms in total. The largest absolute Gasteiger partial charge is 0.467 e. The lowest BCUT2D eigenvalue weighted by Gasteiger charge is -2.25. The summed E-state index contributed by atoms with van der Waals surface area (Å²) in [4.78, 5) is 11.7. The highest BCUT2D eigenvalue weighted by atomic mass is 16.7. The maximum atomic E-state index is 11.7. The van der Waals surface area contributed by atoms with Crippen LogP contribution in [0.4, 0.5) is 5.69 Å². The number of hydrogen-bond acceptors (Lipinski definition) is 3. The van der Waals surface area contributed by atoms with Crippen LogP contribution in [0.5, 0.6) is 5.75 Å². The zero-order valence-corrected chi connectivity index (χ0v) is 12.0. The van der Waals surface area contributed by atoms with Crippen molar-refractivity contribution in [1.82, 2.24) is 4.48 Å². The summed E-state index contributed by atoms with van der Waals surface area (Å²) in [5.41, 5.74) is 2.65. The first kappa shape index (κ1) is 14.7. The van der Waals surface area contributed by atoms with Gasteiger partial charge in [-0.2, -0.15) is 0 Å². The molecule has 1 aromatic rings. The van der Waals surface area contributed by atoms with Crippen LogP contribution in [0.3, 0.4) is 0 Å². The quantitative estimate of drug-likeness (QED) is 0.458. The number of aryl methyl sites for hydroxylation is 1. The van der Waals surface area contributed by atoms with E-state index in [4.69, 9.17) is 9.47 Å². The van der Waals surface area contributed by atoms with Crippen LogP contribution >= 0.6 is 0 Å². The van der Waals surface area contributed by atoms with Gasteiger partial charge in [-0.1, -0.05) is 0 Å². The molecule has 0 amide bonds. The minimum atomic E-state index is 0.00608. The molecule has 0 aromatic heterocycles. The second-order valence-electron chi connectivity index (χ2n) is 5.26. The number of rotatable bonds is 5. The molecule has 0 unspecified atom stereocenters.